The van der Waals surface area contributed by atoms with Gasteiger partial charge in [-0.3, -0.25) is 14.4 Å². The third-order valence-corrected chi connectivity index (χ3v) is 6.00. The number of hydrogen-bond acceptors (Lipinski definition) is 6. The first-order valence-electron chi connectivity index (χ1n) is 10.2. The van der Waals surface area contributed by atoms with Crippen LogP contribution < -0.4 is 11.1 Å². The zero-order valence-electron chi connectivity index (χ0n) is 17.0. The summed E-state index contributed by atoms with van der Waals surface area (Å²) in [5.74, 6) is -2.59. The molecule has 3 amide bonds. The van der Waals surface area contributed by atoms with E-state index in [1.165, 1.54) is 9.80 Å². The van der Waals surface area contributed by atoms with Gasteiger partial charge in [0.25, 0.3) is 0 Å². The highest BCUT2D eigenvalue weighted by Crippen LogP contribution is 2.22. The number of rotatable bonds is 8. The normalized spacial score (nSPS) is 24.8. The van der Waals surface area contributed by atoms with E-state index in [0.29, 0.717) is 32.2 Å². The molecule has 10 nitrogen and oxygen atoms in total. The van der Waals surface area contributed by atoms with Gasteiger partial charge in [0.15, 0.2) is 0 Å². The van der Waals surface area contributed by atoms with Crippen molar-refractivity contribution >= 4 is 23.7 Å². The van der Waals surface area contributed by atoms with Gasteiger partial charge >= 0.3 is 5.97 Å². The van der Waals surface area contributed by atoms with Crippen LogP contribution in [0.4, 0.5) is 0 Å². The Kier molecular flexibility index (Phi) is 7.97. The molecule has 0 aliphatic carbocycles. The lowest BCUT2D eigenvalue weighted by Gasteiger charge is -2.31. The minimum absolute atomic E-state index is 0.0262. The number of likely N-dealkylation sites (tertiary alicyclic amines) is 2. The molecule has 2 rings (SSSR count). The number of aliphatic hydroxyl groups excluding tert-OH is 1. The highest BCUT2D eigenvalue weighted by Gasteiger charge is 2.41. The van der Waals surface area contributed by atoms with E-state index in [1.807, 2.05) is 13.8 Å². The number of nitrogens with one attached hydrogen (secondary N) is 1. The van der Waals surface area contributed by atoms with Gasteiger partial charge in [0, 0.05) is 13.1 Å². The largest absolute Gasteiger partial charge is 0.480 e. The Hall–Kier alpha value is -2.20. The number of aliphatic carboxylic acids is 1. The number of carbonyl (C=O) groups is 4. The van der Waals surface area contributed by atoms with Crippen LogP contribution in [0.25, 0.3) is 0 Å². The molecule has 5 unspecified atom stereocenters. The van der Waals surface area contributed by atoms with Crippen LogP contribution in [0.1, 0.15) is 46.0 Å². The summed E-state index contributed by atoms with van der Waals surface area (Å²) in [7, 11) is 0. The van der Waals surface area contributed by atoms with Crippen molar-refractivity contribution in [2.45, 2.75) is 70.1 Å². The van der Waals surface area contributed by atoms with Gasteiger partial charge in [0.2, 0.25) is 17.7 Å². The van der Waals surface area contributed by atoms with E-state index < -0.39 is 48.6 Å². The first kappa shape index (κ1) is 23.1. The van der Waals surface area contributed by atoms with E-state index in [-0.39, 0.29) is 18.4 Å². The minimum Gasteiger partial charge on any atom is -0.480 e. The molecule has 0 spiro atoms. The van der Waals surface area contributed by atoms with Crippen molar-refractivity contribution in [3.8, 4) is 0 Å². The Balaban J connectivity index is 2.05. The molecular formula is C19H32N4O6. The zero-order valence-corrected chi connectivity index (χ0v) is 17.0. The highest BCUT2D eigenvalue weighted by atomic mass is 16.4. The molecule has 0 aromatic heterocycles. The molecule has 0 radical (unpaired) electrons. The van der Waals surface area contributed by atoms with Crippen molar-refractivity contribution in [2.75, 3.05) is 19.7 Å². The summed E-state index contributed by atoms with van der Waals surface area (Å²) in [4.78, 5) is 52.1. The number of nitrogens with zero attached hydrogens (tertiary/aromatic N) is 2. The molecule has 0 saturated carbocycles. The molecule has 2 aliphatic heterocycles. The fourth-order valence-corrected chi connectivity index (χ4v) is 3.93. The monoisotopic (exact) mass is 412 g/mol. The molecule has 5 atom stereocenters. The third kappa shape index (κ3) is 5.05. The molecule has 2 fully saturated rings. The van der Waals surface area contributed by atoms with Gasteiger partial charge in [0.05, 0.1) is 12.6 Å². The molecule has 2 saturated heterocycles. The van der Waals surface area contributed by atoms with Crippen LogP contribution in [0.2, 0.25) is 0 Å². The van der Waals surface area contributed by atoms with Crippen LogP contribution >= 0.6 is 0 Å². The Morgan fingerprint density at radius 1 is 1.07 bits per heavy atom. The summed E-state index contributed by atoms with van der Waals surface area (Å²) >= 11 is 0. The van der Waals surface area contributed by atoms with Crippen LogP contribution in [0.5, 0.6) is 0 Å². The Labute approximate surface area is 170 Å². The molecule has 29 heavy (non-hydrogen) atoms. The van der Waals surface area contributed by atoms with Crippen LogP contribution in [-0.4, -0.2) is 87.6 Å². The number of carbonyl (C=O) groups excluding carboxylic acids is 3. The summed E-state index contributed by atoms with van der Waals surface area (Å²) in [6, 6.07) is -3.66. The van der Waals surface area contributed by atoms with Crippen LogP contribution in [-0.2, 0) is 19.2 Å². The topological polar surface area (TPSA) is 153 Å². The van der Waals surface area contributed by atoms with E-state index in [9.17, 15) is 29.4 Å². The van der Waals surface area contributed by atoms with Crippen molar-refractivity contribution in [2.24, 2.45) is 11.7 Å². The summed E-state index contributed by atoms with van der Waals surface area (Å²) in [5, 5.41) is 21.4. The molecular weight excluding hydrogens is 380 g/mol. The molecule has 0 bridgehead atoms. The quantitative estimate of drug-likeness (QED) is 0.395. The van der Waals surface area contributed by atoms with Gasteiger partial charge in [-0.05, 0) is 31.6 Å². The first-order chi connectivity index (χ1) is 13.7. The minimum atomic E-state index is -1.25. The standard InChI is InChI=1S/C19H32N4O6/c1-3-11(2)15(20)18(27)22-8-4-6-13(22)16(25)21-12(10-24)17(26)23-9-5-7-14(23)19(28)29/h11-15,24H,3-10,20H2,1-2H3,(H,21,25)(H,28,29). The van der Waals surface area contributed by atoms with E-state index in [4.69, 9.17) is 5.73 Å². The number of aliphatic hydroxyl groups is 1. The lowest BCUT2D eigenvalue weighted by Crippen LogP contribution is -2.58. The maximum atomic E-state index is 12.8. The van der Waals surface area contributed by atoms with E-state index >= 15 is 0 Å². The Bertz CT molecular complexity index is 642. The first-order valence-corrected chi connectivity index (χ1v) is 10.2. The van der Waals surface area contributed by atoms with Gasteiger partial charge < -0.3 is 31.1 Å². The van der Waals surface area contributed by atoms with Crippen LogP contribution in [0.3, 0.4) is 0 Å². The number of carboxylic acid groups (broad SMARTS) is 1. The Morgan fingerprint density at radius 3 is 2.14 bits per heavy atom. The van der Waals surface area contributed by atoms with E-state index in [0.717, 1.165) is 6.42 Å². The van der Waals surface area contributed by atoms with E-state index in [1.54, 1.807) is 0 Å². The molecule has 5 N–H and O–H groups in total. The maximum absolute atomic E-state index is 12.8. The average Bonchev–Trinajstić information content (AvgIpc) is 3.39. The van der Waals surface area contributed by atoms with Gasteiger partial charge in [-0.1, -0.05) is 20.3 Å². The Morgan fingerprint density at radius 2 is 1.62 bits per heavy atom. The molecule has 0 aromatic rings. The maximum Gasteiger partial charge on any atom is 0.326 e. The zero-order chi connectivity index (χ0) is 21.7. The summed E-state index contributed by atoms with van der Waals surface area (Å²) < 4.78 is 0. The average molecular weight is 412 g/mol. The van der Waals surface area contributed by atoms with Crippen LogP contribution in [0.15, 0.2) is 0 Å². The lowest BCUT2D eigenvalue weighted by atomic mass is 9.98. The molecule has 2 aliphatic rings. The molecule has 164 valence electrons. The van der Waals surface area contributed by atoms with Crippen molar-refractivity contribution in [3.63, 3.8) is 0 Å². The smallest absolute Gasteiger partial charge is 0.326 e. The molecule has 0 aromatic carbocycles. The predicted molar refractivity (Wildman–Crippen MR) is 104 cm³/mol. The summed E-state index contributed by atoms with van der Waals surface area (Å²) in [6.07, 6.45) is 2.71. The van der Waals surface area contributed by atoms with Crippen LogP contribution in [0, 0.1) is 5.92 Å². The molecule has 2 heterocycles. The lowest BCUT2D eigenvalue weighted by molar-refractivity contribution is -0.150. The number of nitrogens with two attached hydrogens (primary N) is 1. The second-order valence-electron chi connectivity index (χ2n) is 7.87. The fraction of sp³-hybridized carbons (Fsp3) is 0.789. The number of amides is 3. The molecule has 10 heteroatoms. The third-order valence-electron chi connectivity index (χ3n) is 6.00. The van der Waals surface area contributed by atoms with Crippen molar-refractivity contribution in [3.05, 3.63) is 0 Å². The van der Waals surface area contributed by atoms with E-state index in [2.05, 4.69) is 5.32 Å². The number of hydrogen-bond donors (Lipinski definition) is 4. The van der Waals surface area contributed by atoms with Crippen molar-refractivity contribution in [1.29, 1.82) is 0 Å². The predicted octanol–water partition coefficient (Wildman–Crippen LogP) is -1.10. The SMILES string of the molecule is CCC(C)C(N)C(=O)N1CCCC1C(=O)NC(CO)C(=O)N1CCCC1C(=O)O. The number of carboxylic acids is 1. The van der Waals surface area contributed by atoms with Crippen molar-refractivity contribution < 1.29 is 29.4 Å². The fourth-order valence-electron chi connectivity index (χ4n) is 3.93. The summed E-state index contributed by atoms with van der Waals surface area (Å²) in [5.41, 5.74) is 6.04. The summed E-state index contributed by atoms with van der Waals surface area (Å²) in [6.45, 7) is 3.84. The second-order valence-corrected chi connectivity index (χ2v) is 7.87. The van der Waals surface area contributed by atoms with Crippen molar-refractivity contribution in [1.82, 2.24) is 15.1 Å². The van der Waals surface area contributed by atoms with Gasteiger partial charge in [-0.15, -0.1) is 0 Å². The van der Waals surface area contributed by atoms with Gasteiger partial charge in [0.1, 0.15) is 18.1 Å². The highest BCUT2D eigenvalue weighted by molar-refractivity contribution is 5.94. The second kappa shape index (κ2) is 10.0. The van der Waals surface area contributed by atoms with Gasteiger partial charge in [-0.2, -0.15) is 0 Å². The van der Waals surface area contributed by atoms with Gasteiger partial charge in [-0.25, -0.2) is 4.79 Å².